The number of carbonyl (C=O) groups is 2. The fraction of sp³-hybridized carbons (Fsp3) is 0.538. The second-order valence-corrected chi connectivity index (χ2v) is 5.61. The number of thiophene rings is 1. The molecule has 0 aliphatic carbocycles. The lowest BCUT2D eigenvalue weighted by Gasteiger charge is -2.23. The molecular weight excluding hydrogens is 280 g/mol. The zero-order valence-corrected chi connectivity index (χ0v) is 11.8. The molecule has 1 aromatic rings. The van der Waals surface area contributed by atoms with Gasteiger partial charge in [0, 0.05) is 18.0 Å². The van der Waals surface area contributed by atoms with E-state index in [1.165, 1.54) is 11.3 Å². The van der Waals surface area contributed by atoms with Crippen molar-refractivity contribution in [2.24, 2.45) is 0 Å². The van der Waals surface area contributed by atoms with E-state index in [-0.39, 0.29) is 6.10 Å². The first-order chi connectivity index (χ1) is 9.66. The van der Waals surface area contributed by atoms with Crippen LogP contribution >= 0.6 is 11.3 Å². The van der Waals surface area contributed by atoms with Gasteiger partial charge < -0.3 is 20.5 Å². The van der Waals surface area contributed by atoms with Crippen LogP contribution < -0.4 is 10.6 Å². The molecular formula is C13H18N2O4S. The molecule has 110 valence electrons. The van der Waals surface area contributed by atoms with Crippen molar-refractivity contribution in [3.63, 3.8) is 0 Å². The Labute approximate surface area is 121 Å². The number of carboxylic acid groups (broad SMARTS) is 1. The van der Waals surface area contributed by atoms with Gasteiger partial charge in [-0.3, -0.25) is 0 Å². The first kappa shape index (κ1) is 14.8. The average molecular weight is 298 g/mol. The molecule has 1 aliphatic heterocycles. The summed E-state index contributed by atoms with van der Waals surface area (Å²) in [6.07, 6.45) is 3.11. The Morgan fingerprint density at radius 2 is 2.35 bits per heavy atom. The minimum absolute atomic E-state index is 0.0273. The number of nitrogens with one attached hydrogen (secondary N) is 2. The predicted octanol–water partition coefficient (Wildman–Crippen LogP) is 1.74. The first-order valence-electron chi connectivity index (χ1n) is 6.59. The van der Waals surface area contributed by atoms with Crippen LogP contribution in [0.15, 0.2) is 17.5 Å². The first-order valence-corrected chi connectivity index (χ1v) is 7.47. The lowest BCUT2D eigenvalue weighted by molar-refractivity contribution is -0.139. The van der Waals surface area contributed by atoms with Gasteiger partial charge in [0.25, 0.3) is 0 Å². The SMILES string of the molecule is O=C(NCC1CCCCO1)NC(C(=O)O)c1cccs1. The van der Waals surface area contributed by atoms with Crippen molar-refractivity contribution < 1.29 is 19.4 Å². The second-order valence-electron chi connectivity index (χ2n) is 4.63. The number of aliphatic carboxylic acids is 1. The molecule has 0 radical (unpaired) electrons. The maximum Gasteiger partial charge on any atom is 0.331 e. The van der Waals surface area contributed by atoms with Crippen molar-refractivity contribution in [3.05, 3.63) is 22.4 Å². The van der Waals surface area contributed by atoms with Gasteiger partial charge in [0.1, 0.15) is 0 Å². The predicted molar refractivity (Wildman–Crippen MR) is 74.8 cm³/mol. The van der Waals surface area contributed by atoms with Crippen molar-refractivity contribution >= 4 is 23.3 Å². The number of carboxylic acids is 1. The summed E-state index contributed by atoms with van der Waals surface area (Å²) in [7, 11) is 0. The van der Waals surface area contributed by atoms with Gasteiger partial charge in [0.05, 0.1) is 6.10 Å². The molecule has 0 spiro atoms. The molecule has 2 unspecified atom stereocenters. The lowest BCUT2D eigenvalue weighted by atomic mass is 10.1. The van der Waals surface area contributed by atoms with Gasteiger partial charge in [-0.05, 0) is 30.7 Å². The molecule has 0 saturated carbocycles. The van der Waals surface area contributed by atoms with E-state index in [1.54, 1.807) is 17.5 Å². The number of amides is 2. The molecule has 20 heavy (non-hydrogen) atoms. The fourth-order valence-electron chi connectivity index (χ4n) is 2.07. The van der Waals surface area contributed by atoms with Crippen LogP contribution in [0.5, 0.6) is 0 Å². The van der Waals surface area contributed by atoms with Crippen LogP contribution in [0, 0.1) is 0 Å². The van der Waals surface area contributed by atoms with E-state index in [1.807, 2.05) is 0 Å². The zero-order chi connectivity index (χ0) is 14.4. The van der Waals surface area contributed by atoms with Crippen molar-refractivity contribution in [1.29, 1.82) is 0 Å². The van der Waals surface area contributed by atoms with E-state index < -0.39 is 18.0 Å². The maximum atomic E-state index is 11.8. The molecule has 0 aromatic carbocycles. The third-order valence-corrected chi connectivity index (χ3v) is 4.05. The Hall–Kier alpha value is -1.60. The Morgan fingerprint density at radius 1 is 1.50 bits per heavy atom. The number of hydrogen-bond acceptors (Lipinski definition) is 4. The van der Waals surface area contributed by atoms with Crippen molar-refractivity contribution in [2.75, 3.05) is 13.2 Å². The van der Waals surface area contributed by atoms with Gasteiger partial charge in [0.15, 0.2) is 6.04 Å². The molecule has 2 amide bonds. The molecule has 1 fully saturated rings. The van der Waals surface area contributed by atoms with Gasteiger partial charge in [-0.1, -0.05) is 6.07 Å². The van der Waals surface area contributed by atoms with E-state index >= 15 is 0 Å². The highest BCUT2D eigenvalue weighted by Crippen LogP contribution is 2.19. The third kappa shape index (κ3) is 4.21. The van der Waals surface area contributed by atoms with Gasteiger partial charge in [-0.25, -0.2) is 9.59 Å². The quantitative estimate of drug-likeness (QED) is 0.772. The van der Waals surface area contributed by atoms with Gasteiger partial charge in [0.2, 0.25) is 0 Å². The van der Waals surface area contributed by atoms with E-state index in [0.29, 0.717) is 11.4 Å². The van der Waals surface area contributed by atoms with Crippen LogP contribution in [0.2, 0.25) is 0 Å². The number of urea groups is 1. The number of ether oxygens (including phenoxy) is 1. The van der Waals surface area contributed by atoms with Gasteiger partial charge in [-0.2, -0.15) is 0 Å². The number of carbonyl (C=O) groups excluding carboxylic acids is 1. The van der Waals surface area contributed by atoms with E-state index in [4.69, 9.17) is 9.84 Å². The van der Waals surface area contributed by atoms with Crippen LogP contribution in [-0.4, -0.2) is 36.4 Å². The minimum atomic E-state index is -1.07. The highest BCUT2D eigenvalue weighted by atomic mass is 32.1. The molecule has 2 rings (SSSR count). The van der Waals surface area contributed by atoms with Crippen LogP contribution in [0.25, 0.3) is 0 Å². The number of rotatable bonds is 5. The standard InChI is InChI=1S/C13H18N2O4S/c16-12(17)11(10-5-3-7-20-10)15-13(18)14-8-9-4-1-2-6-19-9/h3,5,7,9,11H,1-2,4,6,8H2,(H,16,17)(H2,14,15,18). The van der Waals surface area contributed by atoms with Crippen molar-refractivity contribution in [1.82, 2.24) is 10.6 Å². The molecule has 7 heteroatoms. The smallest absolute Gasteiger partial charge is 0.331 e. The molecule has 2 heterocycles. The monoisotopic (exact) mass is 298 g/mol. The highest BCUT2D eigenvalue weighted by molar-refractivity contribution is 7.10. The van der Waals surface area contributed by atoms with Gasteiger partial charge >= 0.3 is 12.0 Å². The van der Waals surface area contributed by atoms with Crippen LogP contribution in [0.3, 0.4) is 0 Å². The molecule has 0 bridgehead atoms. The highest BCUT2D eigenvalue weighted by Gasteiger charge is 2.23. The topological polar surface area (TPSA) is 87.7 Å². The summed E-state index contributed by atoms with van der Waals surface area (Å²) in [5.74, 6) is -1.07. The molecule has 1 aliphatic rings. The normalized spacial score (nSPS) is 20.1. The Bertz CT molecular complexity index is 443. The summed E-state index contributed by atoms with van der Waals surface area (Å²) < 4.78 is 5.50. The summed E-state index contributed by atoms with van der Waals surface area (Å²) in [4.78, 5) is 23.5. The van der Waals surface area contributed by atoms with Crippen LogP contribution in [-0.2, 0) is 9.53 Å². The largest absolute Gasteiger partial charge is 0.479 e. The summed E-state index contributed by atoms with van der Waals surface area (Å²) in [6.45, 7) is 1.13. The summed E-state index contributed by atoms with van der Waals surface area (Å²) in [5, 5.41) is 16.1. The van der Waals surface area contributed by atoms with Crippen LogP contribution in [0.4, 0.5) is 4.79 Å². The molecule has 2 atom stereocenters. The third-order valence-electron chi connectivity index (χ3n) is 3.11. The van der Waals surface area contributed by atoms with E-state index in [0.717, 1.165) is 25.9 Å². The summed E-state index contributed by atoms with van der Waals surface area (Å²) in [6, 6.07) is 1.95. The average Bonchev–Trinajstić information content (AvgIpc) is 2.97. The Morgan fingerprint density at radius 3 is 2.95 bits per heavy atom. The van der Waals surface area contributed by atoms with Gasteiger partial charge in [-0.15, -0.1) is 11.3 Å². The Kier molecular flexibility index (Phi) is 5.37. The second kappa shape index (κ2) is 7.25. The molecule has 1 saturated heterocycles. The fourth-order valence-corrected chi connectivity index (χ4v) is 2.83. The zero-order valence-electron chi connectivity index (χ0n) is 11.0. The minimum Gasteiger partial charge on any atom is -0.479 e. The van der Waals surface area contributed by atoms with Crippen molar-refractivity contribution in [2.45, 2.75) is 31.4 Å². The van der Waals surface area contributed by atoms with Crippen LogP contribution in [0.1, 0.15) is 30.2 Å². The number of hydrogen-bond donors (Lipinski definition) is 3. The molecule has 6 nitrogen and oxygen atoms in total. The molecule has 1 aromatic heterocycles. The van der Waals surface area contributed by atoms with E-state index in [2.05, 4.69) is 10.6 Å². The summed E-state index contributed by atoms with van der Waals surface area (Å²) in [5.41, 5.74) is 0. The molecule has 3 N–H and O–H groups in total. The summed E-state index contributed by atoms with van der Waals surface area (Å²) >= 11 is 1.30. The van der Waals surface area contributed by atoms with E-state index in [9.17, 15) is 9.59 Å². The van der Waals surface area contributed by atoms with Crippen molar-refractivity contribution in [3.8, 4) is 0 Å². The lowest BCUT2D eigenvalue weighted by Crippen LogP contribution is -2.44. The Balaban J connectivity index is 1.81. The maximum absolute atomic E-state index is 11.8.